The highest BCUT2D eigenvalue weighted by atomic mass is 16.1. The van der Waals surface area contributed by atoms with E-state index in [1.54, 1.807) is 0 Å². The highest BCUT2D eigenvalue weighted by molar-refractivity contribution is 6.00. The number of Topliss-reactive ketones (excluding diaryl/α,β-unsaturated/α-hetero) is 1. The molecule has 0 amide bonds. The first-order valence-electron chi connectivity index (χ1n) is 5.32. The number of hydrogen-bond acceptors (Lipinski definition) is 1. The van der Waals surface area contributed by atoms with Gasteiger partial charge >= 0.3 is 0 Å². The maximum absolute atomic E-state index is 11.7. The zero-order chi connectivity index (χ0) is 10.7. The number of rotatable bonds is 2. The summed E-state index contributed by atoms with van der Waals surface area (Å²) < 4.78 is 0. The van der Waals surface area contributed by atoms with Crippen molar-refractivity contribution in [3.8, 4) is 0 Å². The number of fused-ring (bicyclic) bond motifs is 1. The standard InChI is InChI=1S/C14H14O/c1-2-14(15)13-10-6-8-11-7-4-3-5-9-12(11)13/h4-10H,2-3H2,1H3. The van der Waals surface area contributed by atoms with E-state index in [0.717, 1.165) is 23.1 Å². The first-order valence-corrected chi connectivity index (χ1v) is 5.32. The summed E-state index contributed by atoms with van der Waals surface area (Å²) >= 11 is 0. The van der Waals surface area contributed by atoms with Gasteiger partial charge in [-0.2, -0.15) is 0 Å². The van der Waals surface area contributed by atoms with Crippen LogP contribution in [0.2, 0.25) is 0 Å². The fraction of sp³-hybridized carbons (Fsp3) is 0.214. The van der Waals surface area contributed by atoms with Gasteiger partial charge in [0.2, 0.25) is 0 Å². The molecule has 0 aromatic heterocycles. The molecule has 1 heteroatoms. The zero-order valence-electron chi connectivity index (χ0n) is 8.86. The summed E-state index contributed by atoms with van der Waals surface area (Å²) in [6, 6.07) is 5.91. The van der Waals surface area contributed by atoms with E-state index < -0.39 is 0 Å². The molecule has 1 nitrogen and oxygen atoms in total. The quantitative estimate of drug-likeness (QED) is 0.662. The first-order chi connectivity index (χ1) is 7.33. The Hall–Kier alpha value is -1.63. The first kappa shape index (κ1) is 9.91. The van der Waals surface area contributed by atoms with Crippen LogP contribution < -0.4 is 0 Å². The summed E-state index contributed by atoms with van der Waals surface area (Å²) in [5, 5.41) is 0. The second kappa shape index (κ2) is 4.26. The fourth-order valence-corrected chi connectivity index (χ4v) is 1.81. The van der Waals surface area contributed by atoms with E-state index in [0.29, 0.717) is 6.42 Å². The molecule has 0 heterocycles. The largest absolute Gasteiger partial charge is 0.294 e. The summed E-state index contributed by atoms with van der Waals surface area (Å²) in [5.74, 6) is 0.215. The van der Waals surface area contributed by atoms with Crippen LogP contribution in [0, 0.1) is 0 Å². The summed E-state index contributed by atoms with van der Waals surface area (Å²) in [5.41, 5.74) is 3.05. The molecule has 76 valence electrons. The Morgan fingerprint density at radius 3 is 2.87 bits per heavy atom. The van der Waals surface area contributed by atoms with Gasteiger partial charge in [0.15, 0.2) is 5.78 Å². The minimum Gasteiger partial charge on any atom is -0.294 e. The average molecular weight is 198 g/mol. The lowest BCUT2D eigenvalue weighted by molar-refractivity contribution is 0.0988. The molecule has 0 aliphatic heterocycles. The number of allylic oxidation sites excluding steroid dienone is 2. The fourth-order valence-electron chi connectivity index (χ4n) is 1.81. The molecule has 1 aliphatic carbocycles. The summed E-state index contributed by atoms with van der Waals surface area (Å²) in [4.78, 5) is 11.7. The van der Waals surface area contributed by atoms with Gasteiger partial charge < -0.3 is 0 Å². The number of carbonyl (C=O) groups excluding carboxylic acids is 1. The molecule has 0 atom stereocenters. The van der Waals surface area contributed by atoms with Gasteiger partial charge in [-0.3, -0.25) is 4.79 Å². The summed E-state index contributed by atoms with van der Waals surface area (Å²) in [6.45, 7) is 1.90. The van der Waals surface area contributed by atoms with Crippen LogP contribution in [0.25, 0.3) is 12.2 Å². The number of benzene rings is 1. The van der Waals surface area contributed by atoms with Crippen molar-refractivity contribution in [2.24, 2.45) is 0 Å². The molecule has 0 saturated carbocycles. The van der Waals surface area contributed by atoms with Gasteiger partial charge in [-0.05, 0) is 17.5 Å². The molecule has 0 fully saturated rings. The predicted octanol–water partition coefficient (Wildman–Crippen LogP) is 3.71. The average Bonchev–Trinajstić information content (AvgIpc) is 2.52. The smallest absolute Gasteiger partial charge is 0.163 e. The molecular formula is C14H14O. The van der Waals surface area contributed by atoms with Crippen LogP contribution in [0.15, 0.2) is 30.4 Å². The highest BCUT2D eigenvalue weighted by Crippen LogP contribution is 2.22. The molecule has 1 aliphatic rings. The molecular weight excluding hydrogens is 184 g/mol. The van der Waals surface area contributed by atoms with Crippen LogP contribution in [-0.4, -0.2) is 5.78 Å². The Labute approximate surface area is 90.1 Å². The third-order valence-corrected chi connectivity index (χ3v) is 2.62. The number of ketones is 1. The van der Waals surface area contributed by atoms with Crippen molar-refractivity contribution in [2.45, 2.75) is 19.8 Å². The minimum atomic E-state index is 0.215. The van der Waals surface area contributed by atoms with Crippen LogP contribution in [0.1, 0.15) is 41.3 Å². The van der Waals surface area contributed by atoms with Crippen molar-refractivity contribution in [3.63, 3.8) is 0 Å². The van der Waals surface area contributed by atoms with Crippen molar-refractivity contribution < 1.29 is 4.79 Å². The number of carbonyl (C=O) groups is 1. The predicted molar refractivity (Wildman–Crippen MR) is 63.7 cm³/mol. The van der Waals surface area contributed by atoms with Gasteiger partial charge in [0.25, 0.3) is 0 Å². The molecule has 0 N–H and O–H groups in total. The van der Waals surface area contributed by atoms with Crippen LogP contribution >= 0.6 is 0 Å². The van der Waals surface area contributed by atoms with E-state index >= 15 is 0 Å². The van der Waals surface area contributed by atoms with Gasteiger partial charge in [0, 0.05) is 12.0 Å². The van der Waals surface area contributed by atoms with Crippen LogP contribution in [0.5, 0.6) is 0 Å². The van der Waals surface area contributed by atoms with Crippen molar-refractivity contribution in [1.29, 1.82) is 0 Å². The van der Waals surface area contributed by atoms with Crippen LogP contribution in [0.3, 0.4) is 0 Å². The van der Waals surface area contributed by atoms with Gasteiger partial charge in [-0.25, -0.2) is 0 Å². The molecule has 1 aromatic carbocycles. The Morgan fingerprint density at radius 2 is 2.07 bits per heavy atom. The lowest BCUT2D eigenvalue weighted by Gasteiger charge is -2.06. The molecule has 15 heavy (non-hydrogen) atoms. The van der Waals surface area contributed by atoms with Crippen LogP contribution in [0.4, 0.5) is 0 Å². The van der Waals surface area contributed by atoms with Crippen molar-refractivity contribution in [1.82, 2.24) is 0 Å². The molecule has 0 radical (unpaired) electrons. The van der Waals surface area contributed by atoms with E-state index in [9.17, 15) is 4.79 Å². The van der Waals surface area contributed by atoms with Gasteiger partial charge in [-0.15, -0.1) is 0 Å². The van der Waals surface area contributed by atoms with E-state index in [1.807, 2.05) is 25.1 Å². The van der Waals surface area contributed by atoms with Crippen molar-refractivity contribution in [2.75, 3.05) is 0 Å². The van der Waals surface area contributed by atoms with E-state index in [-0.39, 0.29) is 5.78 Å². The monoisotopic (exact) mass is 198 g/mol. The molecule has 0 unspecified atom stereocenters. The van der Waals surface area contributed by atoms with Gasteiger partial charge in [0.05, 0.1) is 0 Å². The molecule has 2 rings (SSSR count). The zero-order valence-corrected chi connectivity index (χ0v) is 8.86. The lowest BCUT2D eigenvalue weighted by atomic mass is 9.97. The normalized spacial score (nSPS) is 13.4. The van der Waals surface area contributed by atoms with E-state index in [1.165, 1.54) is 0 Å². The molecule has 1 aromatic rings. The van der Waals surface area contributed by atoms with Gasteiger partial charge in [0.1, 0.15) is 0 Å². The molecule has 0 saturated heterocycles. The van der Waals surface area contributed by atoms with Crippen molar-refractivity contribution >= 4 is 17.9 Å². The Morgan fingerprint density at radius 1 is 1.27 bits per heavy atom. The van der Waals surface area contributed by atoms with E-state index in [2.05, 4.69) is 24.3 Å². The minimum absolute atomic E-state index is 0.215. The molecule has 0 bridgehead atoms. The maximum atomic E-state index is 11.7. The number of hydrogen-bond donors (Lipinski definition) is 0. The topological polar surface area (TPSA) is 17.1 Å². The Balaban J connectivity index is 2.58. The SMILES string of the molecule is CCC(=O)c1cccc2c1C=CCC=C2. The second-order valence-corrected chi connectivity index (χ2v) is 3.63. The third kappa shape index (κ3) is 1.91. The van der Waals surface area contributed by atoms with Crippen LogP contribution in [-0.2, 0) is 0 Å². The summed E-state index contributed by atoms with van der Waals surface area (Å²) in [7, 11) is 0. The van der Waals surface area contributed by atoms with Crippen molar-refractivity contribution in [3.05, 3.63) is 47.0 Å². The Kier molecular flexibility index (Phi) is 2.82. The second-order valence-electron chi connectivity index (χ2n) is 3.63. The lowest BCUT2D eigenvalue weighted by Crippen LogP contribution is -2.00. The van der Waals surface area contributed by atoms with Gasteiger partial charge in [-0.1, -0.05) is 49.4 Å². The Bertz CT molecular complexity index is 439. The maximum Gasteiger partial charge on any atom is 0.163 e. The summed E-state index contributed by atoms with van der Waals surface area (Å²) in [6.07, 6.45) is 9.85. The third-order valence-electron chi connectivity index (χ3n) is 2.62. The highest BCUT2D eigenvalue weighted by Gasteiger charge is 2.10. The van der Waals surface area contributed by atoms with E-state index in [4.69, 9.17) is 0 Å². The molecule has 0 spiro atoms.